The van der Waals surface area contributed by atoms with E-state index >= 15 is 0 Å². The average Bonchev–Trinajstić information content (AvgIpc) is 2.77. The van der Waals surface area contributed by atoms with Gasteiger partial charge in [0.05, 0.1) is 18.7 Å². The van der Waals surface area contributed by atoms with E-state index in [1.807, 2.05) is 0 Å². The van der Waals surface area contributed by atoms with E-state index in [-0.39, 0.29) is 24.4 Å². The molecule has 0 fully saturated rings. The molecule has 1 aromatic heterocycles. The number of aromatic nitrogens is 1. The number of nitrogens with one attached hydrogen (secondary N) is 1. The van der Waals surface area contributed by atoms with Crippen molar-refractivity contribution in [2.24, 2.45) is 0 Å². The van der Waals surface area contributed by atoms with Gasteiger partial charge in [-0.1, -0.05) is 11.2 Å². The molecular formula is C16H18F2N2O3. The van der Waals surface area contributed by atoms with Crippen molar-refractivity contribution in [1.82, 2.24) is 10.5 Å². The molecule has 1 amide bonds. The molecule has 2 rings (SSSR count). The van der Waals surface area contributed by atoms with Gasteiger partial charge in [0.15, 0.2) is 0 Å². The number of hydrogen-bond donors (Lipinski definition) is 2. The van der Waals surface area contributed by atoms with Crippen molar-refractivity contribution >= 4 is 5.91 Å². The molecule has 1 unspecified atom stereocenters. The Bertz CT molecular complexity index is 707. The fourth-order valence-corrected chi connectivity index (χ4v) is 2.27. The standard InChI is InChI=1S/C16H18F2N2O3/c1-9-12(10(2)23-20-9)7-15(21)19-8-16(3,22)13-5-4-11(17)6-14(13)18/h4-6,22H,7-8H2,1-3H3,(H,19,21). The van der Waals surface area contributed by atoms with Crippen LogP contribution in [-0.2, 0) is 16.8 Å². The molecule has 0 bridgehead atoms. The molecule has 2 aromatic rings. The van der Waals surface area contributed by atoms with Gasteiger partial charge in [-0.25, -0.2) is 8.78 Å². The highest BCUT2D eigenvalue weighted by molar-refractivity contribution is 5.79. The van der Waals surface area contributed by atoms with E-state index in [1.54, 1.807) is 13.8 Å². The van der Waals surface area contributed by atoms with Gasteiger partial charge in [-0.3, -0.25) is 4.79 Å². The largest absolute Gasteiger partial charge is 0.383 e. The number of carbonyl (C=O) groups excluding carboxylic acids is 1. The molecular weight excluding hydrogens is 306 g/mol. The summed E-state index contributed by atoms with van der Waals surface area (Å²) in [5, 5.41) is 16.6. The predicted molar refractivity (Wildman–Crippen MR) is 78.6 cm³/mol. The Balaban J connectivity index is 2.02. The Morgan fingerprint density at radius 2 is 2.09 bits per heavy atom. The Morgan fingerprint density at radius 1 is 1.39 bits per heavy atom. The van der Waals surface area contributed by atoms with Crippen LogP contribution in [0.5, 0.6) is 0 Å². The minimum Gasteiger partial charge on any atom is -0.383 e. The fourth-order valence-electron chi connectivity index (χ4n) is 2.27. The first kappa shape index (κ1) is 17.1. The van der Waals surface area contributed by atoms with Crippen LogP contribution in [0.25, 0.3) is 0 Å². The smallest absolute Gasteiger partial charge is 0.224 e. The lowest BCUT2D eigenvalue weighted by Crippen LogP contribution is -2.39. The lowest BCUT2D eigenvalue weighted by atomic mass is 9.95. The molecule has 0 radical (unpaired) electrons. The Labute approximate surface area is 132 Å². The van der Waals surface area contributed by atoms with Crippen LogP contribution in [0.1, 0.15) is 29.5 Å². The maximum Gasteiger partial charge on any atom is 0.224 e. The fraction of sp³-hybridized carbons (Fsp3) is 0.375. The van der Waals surface area contributed by atoms with Gasteiger partial charge in [-0.05, 0) is 26.8 Å². The zero-order valence-electron chi connectivity index (χ0n) is 13.1. The average molecular weight is 324 g/mol. The molecule has 0 aliphatic rings. The van der Waals surface area contributed by atoms with Gasteiger partial charge in [-0.2, -0.15) is 0 Å². The van der Waals surface area contributed by atoms with Crippen molar-refractivity contribution in [2.45, 2.75) is 32.8 Å². The number of halogens is 2. The molecule has 0 spiro atoms. The van der Waals surface area contributed by atoms with E-state index in [0.29, 0.717) is 23.1 Å². The lowest BCUT2D eigenvalue weighted by molar-refractivity contribution is -0.121. The van der Waals surface area contributed by atoms with E-state index < -0.39 is 17.2 Å². The summed E-state index contributed by atoms with van der Waals surface area (Å²) in [7, 11) is 0. The van der Waals surface area contributed by atoms with E-state index in [9.17, 15) is 18.7 Å². The van der Waals surface area contributed by atoms with Gasteiger partial charge >= 0.3 is 0 Å². The molecule has 7 heteroatoms. The normalized spacial score (nSPS) is 13.7. The molecule has 1 heterocycles. The van der Waals surface area contributed by atoms with Gasteiger partial charge in [0.1, 0.15) is 23.0 Å². The highest BCUT2D eigenvalue weighted by atomic mass is 19.1. The second kappa shape index (κ2) is 6.45. The summed E-state index contributed by atoms with van der Waals surface area (Å²) in [6.45, 7) is 4.56. The number of benzene rings is 1. The van der Waals surface area contributed by atoms with E-state index in [0.717, 1.165) is 12.1 Å². The number of nitrogens with zero attached hydrogens (tertiary/aromatic N) is 1. The van der Waals surface area contributed by atoms with E-state index in [2.05, 4.69) is 10.5 Å². The molecule has 1 atom stereocenters. The van der Waals surface area contributed by atoms with Crippen molar-refractivity contribution in [1.29, 1.82) is 0 Å². The zero-order valence-corrected chi connectivity index (χ0v) is 13.1. The van der Waals surface area contributed by atoms with Gasteiger partial charge in [0.25, 0.3) is 0 Å². The first-order chi connectivity index (χ1) is 10.7. The summed E-state index contributed by atoms with van der Waals surface area (Å²) in [6.07, 6.45) is 0.0448. The van der Waals surface area contributed by atoms with Crippen molar-refractivity contribution in [3.63, 3.8) is 0 Å². The highest BCUT2D eigenvalue weighted by Crippen LogP contribution is 2.23. The molecule has 0 aliphatic heterocycles. The number of hydrogen-bond acceptors (Lipinski definition) is 4. The van der Waals surface area contributed by atoms with Crippen LogP contribution in [0.2, 0.25) is 0 Å². The quantitative estimate of drug-likeness (QED) is 0.883. The third-order valence-electron chi connectivity index (χ3n) is 3.66. The van der Waals surface area contributed by atoms with Crippen LogP contribution in [-0.4, -0.2) is 22.7 Å². The number of aryl methyl sites for hydroxylation is 2. The van der Waals surface area contributed by atoms with Crippen molar-refractivity contribution < 1.29 is 23.2 Å². The van der Waals surface area contributed by atoms with Gasteiger partial charge < -0.3 is 14.9 Å². The molecule has 23 heavy (non-hydrogen) atoms. The molecule has 2 N–H and O–H groups in total. The molecule has 1 aromatic carbocycles. The molecule has 0 saturated heterocycles. The molecule has 124 valence electrons. The number of rotatable bonds is 5. The first-order valence-electron chi connectivity index (χ1n) is 7.07. The minimum absolute atomic E-state index is 0.0448. The highest BCUT2D eigenvalue weighted by Gasteiger charge is 2.27. The molecule has 5 nitrogen and oxygen atoms in total. The van der Waals surface area contributed by atoms with Crippen molar-refractivity contribution in [3.05, 3.63) is 52.4 Å². The van der Waals surface area contributed by atoms with Crippen LogP contribution in [0.3, 0.4) is 0 Å². The van der Waals surface area contributed by atoms with Crippen LogP contribution in [0.4, 0.5) is 8.78 Å². The number of carbonyl (C=O) groups is 1. The third kappa shape index (κ3) is 3.92. The van der Waals surface area contributed by atoms with Crippen LogP contribution >= 0.6 is 0 Å². The zero-order chi connectivity index (χ0) is 17.2. The second-order valence-electron chi connectivity index (χ2n) is 5.65. The Morgan fingerprint density at radius 3 is 2.65 bits per heavy atom. The van der Waals surface area contributed by atoms with Crippen molar-refractivity contribution in [3.8, 4) is 0 Å². The maximum atomic E-state index is 13.7. The van der Waals surface area contributed by atoms with Crippen LogP contribution in [0, 0.1) is 25.5 Å². The maximum absolute atomic E-state index is 13.7. The third-order valence-corrected chi connectivity index (χ3v) is 3.66. The summed E-state index contributed by atoms with van der Waals surface area (Å²) >= 11 is 0. The van der Waals surface area contributed by atoms with Gasteiger partial charge in [-0.15, -0.1) is 0 Å². The summed E-state index contributed by atoms with van der Waals surface area (Å²) in [6, 6.07) is 2.90. The summed E-state index contributed by atoms with van der Waals surface area (Å²) < 4.78 is 31.7. The number of amides is 1. The molecule has 0 aliphatic carbocycles. The number of aliphatic hydroxyl groups is 1. The summed E-state index contributed by atoms with van der Waals surface area (Å²) in [5.74, 6) is -1.41. The Hall–Kier alpha value is -2.28. The second-order valence-corrected chi connectivity index (χ2v) is 5.65. The lowest BCUT2D eigenvalue weighted by Gasteiger charge is -2.24. The van der Waals surface area contributed by atoms with Crippen molar-refractivity contribution in [2.75, 3.05) is 6.54 Å². The Kier molecular flexibility index (Phi) is 4.79. The van der Waals surface area contributed by atoms with Gasteiger partial charge in [0.2, 0.25) is 5.91 Å². The predicted octanol–water partition coefficient (Wildman–Crippen LogP) is 2.14. The molecule has 0 saturated carbocycles. The summed E-state index contributed by atoms with van der Waals surface area (Å²) in [4.78, 5) is 12.0. The monoisotopic (exact) mass is 324 g/mol. The van der Waals surface area contributed by atoms with Crippen LogP contribution < -0.4 is 5.32 Å². The first-order valence-corrected chi connectivity index (χ1v) is 7.07. The SMILES string of the molecule is Cc1noc(C)c1CC(=O)NCC(C)(O)c1ccc(F)cc1F. The summed E-state index contributed by atoms with van der Waals surface area (Å²) in [5.41, 5.74) is -0.452. The van der Waals surface area contributed by atoms with E-state index in [1.165, 1.54) is 6.92 Å². The van der Waals surface area contributed by atoms with Gasteiger partial charge in [0, 0.05) is 17.2 Å². The minimum atomic E-state index is -1.66. The van der Waals surface area contributed by atoms with Crippen LogP contribution in [0.15, 0.2) is 22.7 Å². The van der Waals surface area contributed by atoms with E-state index in [4.69, 9.17) is 4.52 Å². The topological polar surface area (TPSA) is 75.4 Å².